The second kappa shape index (κ2) is 10.9. The van der Waals surface area contributed by atoms with Gasteiger partial charge in [0.1, 0.15) is 5.82 Å². The van der Waals surface area contributed by atoms with Crippen LogP contribution < -0.4 is 10.2 Å². The highest BCUT2D eigenvalue weighted by Gasteiger charge is 2.41. The number of fused-ring (bicyclic) bond motifs is 1. The maximum absolute atomic E-state index is 13.9. The minimum atomic E-state index is -0.253. The van der Waals surface area contributed by atoms with Crippen molar-refractivity contribution in [1.82, 2.24) is 25.0 Å². The SMILES string of the molecule is CC1CN(CC(=O)N2CC(C)(C)c3ncc(Cc4ccc(F)cc4)cc32)[C@@H](CN2CC(C)N(C)CC2=O)CN1. The van der Waals surface area contributed by atoms with Crippen LogP contribution >= 0.6 is 0 Å². The first-order chi connectivity index (χ1) is 18.5. The summed E-state index contributed by atoms with van der Waals surface area (Å²) < 4.78 is 13.4. The first kappa shape index (κ1) is 27.7. The number of anilines is 1. The molecule has 2 amide bonds. The molecule has 0 spiro atoms. The Bertz CT molecular complexity index is 1220. The van der Waals surface area contributed by atoms with E-state index in [0.717, 1.165) is 35.6 Å². The fourth-order valence-electron chi connectivity index (χ4n) is 6.06. The van der Waals surface area contributed by atoms with Gasteiger partial charge < -0.3 is 15.1 Å². The Morgan fingerprint density at radius 1 is 1.15 bits per heavy atom. The van der Waals surface area contributed by atoms with Crippen LogP contribution in [0.1, 0.15) is 44.5 Å². The maximum atomic E-state index is 13.9. The molecule has 9 heteroatoms. The number of halogens is 1. The largest absolute Gasteiger partial charge is 0.338 e. The van der Waals surface area contributed by atoms with Gasteiger partial charge in [-0.25, -0.2) is 4.39 Å². The molecule has 5 rings (SSSR count). The summed E-state index contributed by atoms with van der Waals surface area (Å²) in [6, 6.07) is 9.23. The van der Waals surface area contributed by atoms with Crippen LogP contribution in [0.5, 0.6) is 0 Å². The predicted octanol–water partition coefficient (Wildman–Crippen LogP) is 2.26. The number of hydrogen-bond acceptors (Lipinski definition) is 6. The zero-order valence-corrected chi connectivity index (χ0v) is 23.8. The number of hydrogen-bond donors (Lipinski definition) is 1. The first-order valence-corrected chi connectivity index (χ1v) is 14.0. The quantitative estimate of drug-likeness (QED) is 0.611. The van der Waals surface area contributed by atoms with E-state index < -0.39 is 0 Å². The minimum Gasteiger partial charge on any atom is -0.338 e. The van der Waals surface area contributed by atoms with Crippen LogP contribution in [0.25, 0.3) is 0 Å². The molecule has 39 heavy (non-hydrogen) atoms. The summed E-state index contributed by atoms with van der Waals surface area (Å²) in [5, 5.41) is 3.54. The maximum Gasteiger partial charge on any atom is 0.241 e. The van der Waals surface area contributed by atoms with E-state index in [1.807, 2.05) is 23.0 Å². The van der Waals surface area contributed by atoms with Crippen molar-refractivity contribution in [1.29, 1.82) is 0 Å². The molecule has 1 N–H and O–H groups in total. The highest BCUT2D eigenvalue weighted by atomic mass is 19.1. The Hall–Kier alpha value is -2.88. The Kier molecular flexibility index (Phi) is 7.77. The van der Waals surface area contributed by atoms with Gasteiger partial charge in [-0.1, -0.05) is 26.0 Å². The molecular formula is C30H41FN6O2. The summed E-state index contributed by atoms with van der Waals surface area (Å²) in [6.45, 7) is 12.7. The lowest BCUT2D eigenvalue weighted by molar-refractivity contribution is -0.138. The average Bonchev–Trinajstić information content (AvgIpc) is 3.15. The van der Waals surface area contributed by atoms with Crippen molar-refractivity contribution in [2.75, 3.05) is 57.8 Å². The molecule has 1 aromatic carbocycles. The number of amides is 2. The van der Waals surface area contributed by atoms with Gasteiger partial charge in [-0.05, 0) is 56.6 Å². The molecule has 3 atom stereocenters. The third-order valence-corrected chi connectivity index (χ3v) is 8.50. The van der Waals surface area contributed by atoms with Crippen LogP contribution in [-0.2, 0) is 21.4 Å². The van der Waals surface area contributed by atoms with Crippen molar-refractivity contribution in [3.05, 3.63) is 59.2 Å². The second-order valence-electron chi connectivity index (χ2n) is 12.3. The van der Waals surface area contributed by atoms with Crippen LogP contribution in [0.3, 0.4) is 0 Å². The summed E-state index contributed by atoms with van der Waals surface area (Å²) in [5.74, 6) is -0.0495. The van der Waals surface area contributed by atoms with Crippen molar-refractivity contribution >= 4 is 17.5 Å². The van der Waals surface area contributed by atoms with Crippen LogP contribution in [0.15, 0.2) is 36.5 Å². The molecule has 0 radical (unpaired) electrons. The number of nitrogens with zero attached hydrogens (tertiary/aromatic N) is 5. The minimum absolute atomic E-state index is 0.0553. The molecule has 0 saturated carbocycles. The van der Waals surface area contributed by atoms with E-state index in [1.54, 1.807) is 12.1 Å². The third kappa shape index (κ3) is 6.00. The van der Waals surface area contributed by atoms with Gasteiger partial charge in [-0.3, -0.25) is 24.4 Å². The van der Waals surface area contributed by atoms with Crippen molar-refractivity contribution in [2.45, 2.75) is 57.7 Å². The number of benzene rings is 1. The van der Waals surface area contributed by atoms with Crippen molar-refractivity contribution in [3.8, 4) is 0 Å². The van der Waals surface area contributed by atoms with Gasteiger partial charge in [0.25, 0.3) is 0 Å². The average molecular weight is 537 g/mol. The molecule has 1 aromatic heterocycles. The molecule has 3 aliphatic heterocycles. The van der Waals surface area contributed by atoms with Crippen LogP contribution in [0, 0.1) is 5.82 Å². The third-order valence-electron chi connectivity index (χ3n) is 8.50. The molecule has 0 bridgehead atoms. The van der Waals surface area contributed by atoms with Gasteiger partial charge in [0.15, 0.2) is 0 Å². The number of carbonyl (C=O) groups is 2. The fraction of sp³-hybridized carbons (Fsp3) is 0.567. The van der Waals surface area contributed by atoms with Gasteiger partial charge in [-0.2, -0.15) is 0 Å². The highest BCUT2D eigenvalue weighted by molar-refractivity contribution is 5.97. The number of carbonyl (C=O) groups excluding carboxylic acids is 2. The smallest absolute Gasteiger partial charge is 0.241 e. The molecule has 2 aromatic rings. The topological polar surface area (TPSA) is 72.0 Å². The standard InChI is InChI=1S/C30H41FN6O2/c1-20-14-35(25(13-32-20)16-36-15-21(2)34(5)17-27(36)38)18-28(39)37-19-30(3,4)29-26(37)11-23(12-33-29)10-22-6-8-24(31)9-7-22/h6-9,11-12,20-21,25,32H,10,13-19H2,1-5H3/t20?,21?,25-/m1/s1. The number of aromatic nitrogens is 1. The molecule has 8 nitrogen and oxygen atoms in total. The molecule has 2 unspecified atom stereocenters. The van der Waals surface area contributed by atoms with Crippen molar-refractivity contribution in [3.63, 3.8) is 0 Å². The highest BCUT2D eigenvalue weighted by Crippen LogP contribution is 2.39. The number of pyridine rings is 1. The fourth-order valence-corrected chi connectivity index (χ4v) is 6.06. The summed E-state index contributed by atoms with van der Waals surface area (Å²) >= 11 is 0. The van der Waals surface area contributed by atoms with Gasteiger partial charge in [0.2, 0.25) is 11.8 Å². The molecule has 3 aliphatic rings. The van der Waals surface area contributed by atoms with Crippen molar-refractivity contribution < 1.29 is 14.0 Å². The van der Waals surface area contributed by atoms with Gasteiger partial charge >= 0.3 is 0 Å². The molecule has 0 aliphatic carbocycles. The normalized spacial score (nSPS) is 25.7. The van der Waals surface area contributed by atoms with E-state index in [0.29, 0.717) is 45.2 Å². The van der Waals surface area contributed by atoms with E-state index >= 15 is 0 Å². The lowest BCUT2D eigenvalue weighted by atomic mass is 9.91. The van der Waals surface area contributed by atoms with Gasteiger partial charge in [-0.15, -0.1) is 0 Å². The second-order valence-corrected chi connectivity index (χ2v) is 12.3. The van der Waals surface area contributed by atoms with Crippen molar-refractivity contribution in [2.24, 2.45) is 0 Å². The van der Waals surface area contributed by atoms with Gasteiger partial charge in [0.05, 0.1) is 24.5 Å². The molecular weight excluding hydrogens is 495 g/mol. The summed E-state index contributed by atoms with van der Waals surface area (Å²) in [7, 11) is 1.99. The number of likely N-dealkylation sites (N-methyl/N-ethyl adjacent to an activating group) is 1. The Balaban J connectivity index is 1.32. The van der Waals surface area contributed by atoms with Crippen LogP contribution in [-0.4, -0.2) is 102 Å². The van der Waals surface area contributed by atoms with Crippen LogP contribution in [0.2, 0.25) is 0 Å². The molecule has 2 saturated heterocycles. The Morgan fingerprint density at radius 2 is 1.90 bits per heavy atom. The van der Waals surface area contributed by atoms with E-state index in [-0.39, 0.29) is 35.1 Å². The van der Waals surface area contributed by atoms with E-state index in [4.69, 9.17) is 4.98 Å². The first-order valence-electron chi connectivity index (χ1n) is 14.0. The molecule has 2 fully saturated rings. The summed E-state index contributed by atoms with van der Waals surface area (Å²) in [5.41, 5.74) is 3.54. The monoisotopic (exact) mass is 536 g/mol. The molecule has 210 valence electrons. The molecule has 4 heterocycles. The number of nitrogens with one attached hydrogen (secondary N) is 1. The van der Waals surface area contributed by atoms with E-state index in [1.165, 1.54) is 12.1 Å². The lowest BCUT2D eigenvalue weighted by Crippen LogP contribution is -2.63. The zero-order valence-electron chi connectivity index (χ0n) is 23.8. The summed E-state index contributed by atoms with van der Waals surface area (Å²) in [4.78, 5) is 39.6. The van der Waals surface area contributed by atoms with Crippen LogP contribution in [0.4, 0.5) is 10.1 Å². The van der Waals surface area contributed by atoms with E-state index in [2.05, 4.69) is 48.9 Å². The van der Waals surface area contributed by atoms with Gasteiger partial charge in [0, 0.05) is 62.5 Å². The van der Waals surface area contributed by atoms with E-state index in [9.17, 15) is 14.0 Å². The Labute approximate surface area is 231 Å². The lowest BCUT2D eigenvalue weighted by Gasteiger charge is -2.44. The Morgan fingerprint density at radius 3 is 2.64 bits per heavy atom. The number of piperazine rings is 2. The predicted molar refractivity (Wildman–Crippen MR) is 150 cm³/mol. The number of rotatable bonds is 6. The zero-order chi connectivity index (χ0) is 27.9. The summed E-state index contributed by atoms with van der Waals surface area (Å²) in [6.07, 6.45) is 2.50.